The highest BCUT2D eigenvalue weighted by Gasteiger charge is 2.14. The fraction of sp³-hybridized carbons (Fsp3) is 0.462. The van der Waals surface area contributed by atoms with Gasteiger partial charge in [0.15, 0.2) is 23.2 Å². The molecule has 0 aliphatic carbocycles. The Labute approximate surface area is 98.6 Å². The van der Waals surface area contributed by atoms with Gasteiger partial charge in [0.05, 0.1) is 0 Å². The summed E-state index contributed by atoms with van der Waals surface area (Å²) in [6.45, 7) is 4.06. The van der Waals surface area contributed by atoms with Crippen LogP contribution < -0.4 is 0 Å². The number of halogens is 3. The van der Waals surface area contributed by atoms with Crippen molar-refractivity contribution >= 4 is 5.78 Å². The van der Waals surface area contributed by atoms with E-state index in [2.05, 4.69) is 0 Å². The van der Waals surface area contributed by atoms with Gasteiger partial charge in [0.25, 0.3) is 0 Å². The molecule has 1 aromatic carbocycles. The van der Waals surface area contributed by atoms with Crippen LogP contribution in [-0.4, -0.2) is 5.78 Å². The molecular weight excluding hydrogens is 229 g/mol. The lowest BCUT2D eigenvalue weighted by atomic mass is 10.0. The maximum atomic E-state index is 12.9. The van der Waals surface area contributed by atoms with Gasteiger partial charge >= 0.3 is 0 Å². The second kappa shape index (κ2) is 5.84. The summed E-state index contributed by atoms with van der Waals surface area (Å²) in [4.78, 5) is 11.6. The van der Waals surface area contributed by atoms with Crippen molar-refractivity contribution in [2.75, 3.05) is 0 Å². The van der Waals surface area contributed by atoms with E-state index in [1.165, 1.54) is 0 Å². The number of carbonyl (C=O) groups excluding carboxylic acids is 1. The Morgan fingerprint density at radius 3 is 2.18 bits per heavy atom. The molecule has 1 nitrogen and oxygen atoms in total. The van der Waals surface area contributed by atoms with Crippen LogP contribution in [0.1, 0.15) is 43.5 Å². The average Bonchev–Trinajstić information content (AvgIpc) is 2.24. The molecule has 0 atom stereocenters. The van der Waals surface area contributed by atoms with Gasteiger partial charge in [-0.2, -0.15) is 0 Å². The smallest absolute Gasteiger partial charge is 0.194 e. The third-order valence-electron chi connectivity index (χ3n) is 2.49. The first-order valence-corrected chi connectivity index (χ1v) is 5.59. The number of rotatable bonds is 5. The number of benzene rings is 1. The molecule has 0 saturated carbocycles. The highest BCUT2D eigenvalue weighted by Crippen LogP contribution is 2.16. The second-order valence-electron chi connectivity index (χ2n) is 4.46. The monoisotopic (exact) mass is 244 g/mol. The van der Waals surface area contributed by atoms with Gasteiger partial charge in [-0.3, -0.25) is 4.79 Å². The molecule has 17 heavy (non-hydrogen) atoms. The fourth-order valence-corrected chi connectivity index (χ4v) is 1.53. The number of Topliss-reactive ketones (excluding diaryl/α,β-unsaturated/α-hetero) is 1. The highest BCUT2D eigenvalue weighted by molar-refractivity contribution is 5.96. The van der Waals surface area contributed by atoms with Crippen LogP contribution in [0.4, 0.5) is 13.2 Å². The van der Waals surface area contributed by atoms with E-state index in [-0.39, 0.29) is 17.8 Å². The molecule has 0 aliphatic heterocycles. The molecule has 0 N–H and O–H groups in total. The van der Waals surface area contributed by atoms with E-state index in [0.29, 0.717) is 12.3 Å². The maximum absolute atomic E-state index is 12.9. The molecule has 1 aromatic rings. The van der Waals surface area contributed by atoms with E-state index in [4.69, 9.17) is 0 Å². The summed E-state index contributed by atoms with van der Waals surface area (Å²) >= 11 is 0. The molecule has 0 heterocycles. The summed E-state index contributed by atoms with van der Waals surface area (Å²) in [7, 11) is 0. The van der Waals surface area contributed by atoms with Gasteiger partial charge in [0.1, 0.15) is 0 Å². The van der Waals surface area contributed by atoms with Gasteiger partial charge in [-0.15, -0.1) is 0 Å². The third kappa shape index (κ3) is 3.88. The van der Waals surface area contributed by atoms with Crippen LogP contribution in [0.2, 0.25) is 0 Å². The van der Waals surface area contributed by atoms with E-state index >= 15 is 0 Å². The Morgan fingerprint density at radius 2 is 1.71 bits per heavy atom. The Hall–Kier alpha value is -1.32. The fourth-order valence-electron chi connectivity index (χ4n) is 1.53. The summed E-state index contributed by atoms with van der Waals surface area (Å²) in [5.41, 5.74) is -0.106. The number of hydrogen-bond acceptors (Lipinski definition) is 1. The third-order valence-corrected chi connectivity index (χ3v) is 2.49. The largest absolute Gasteiger partial charge is 0.294 e. The number of carbonyl (C=O) groups is 1. The molecule has 0 unspecified atom stereocenters. The lowest BCUT2D eigenvalue weighted by Gasteiger charge is -2.05. The number of ketones is 1. The summed E-state index contributed by atoms with van der Waals surface area (Å²) in [6.07, 6.45) is 1.76. The van der Waals surface area contributed by atoms with Gasteiger partial charge < -0.3 is 0 Å². The standard InChI is InChI=1S/C13H15F3O/c1-8(2)4-3-5-12(17)9-6-10(14)13(16)11(15)7-9/h6-8H,3-5H2,1-2H3. The van der Waals surface area contributed by atoms with E-state index in [0.717, 1.165) is 18.6 Å². The first-order chi connectivity index (χ1) is 7.91. The summed E-state index contributed by atoms with van der Waals surface area (Å²) in [5.74, 6) is -4.06. The molecular formula is C13H15F3O. The van der Waals surface area contributed by atoms with Gasteiger partial charge in [-0.1, -0.05) is 20.3 Å². The van der Waals surface area contributed by atoms with Crippen LogP contribution in [0.3, 0.4) is 0 Å². The molecule has 1 rings (SSSR count). The van der Waals surface area contributed by atoms with E-state index < -0.39 is 17.5 Å². The molecule has 0 radical (unpaired) electrons. The van der Waals surface area contributed by atoms with Gasteiger partial charge in [-0.05, 0) is 24.5 Å². The quantitative estimate of drug-likeness (QED) is 0.562. The lowest BCUT2D eigenvalue weighted by Crippen LogP contribution is -2.03. The first-order valence-electron chi connectivity index (χ1n) is 5.59. The molecule has 0 amide bonds. The van der Waals surface area contributed by atoms with Crippen molar-refractivity contribution in [3.8, 4) is 0 Å². The minimum Gasteiger partial charge on any atom is -0.294 e. The van der Waals surface area contributed by atoms with Crippen LogP contribution in [-0.2, 0) is 0 Å². The topological polar surface area (TPSA) is 17.1 Å². The van der Waals surface area contributed by atoms with Crippen LogP contribution >= 0.6 is 0 Å². The summed E-state index contributed by atoms with van der Waals surface area (Å²) < 4.78 is 38.4. The van der Waals surface area contributed by atoms with Gasteiger partial charge in [0.2, 0.25) is 0 Å². The average molecular weight is 244 g/mol. The van der Waals surface area contributed by atoms with Crippen molar-refractivity contribution in [1.82, 2.24) is 0 Å². The van der Waals surface area contributed by atoms with Crippen LogP contribution in [0.5, 0.6) is 0 Å². The molecule has 0 aliphatic rings. The van der Waals surface area contributed by atoms with Crippen molar-refractivity contribution in [1.29, 1.82) is 0 Å². The van der Waals surface area contributed by atoms with Crippen LogP contribution in [0, 0.1) is 23.4 Å². The minimum absolute atomic E-state index is 0.106. The molecule has 0 bridgehead atoms. The SMILES string of the molecule is CC(C)CCCC(=O)c1cc(F)c(F)c(F)c1. The molecule has 4 heteroatoms. The van der Waals surface area contributed by atoms with Crippen molar-refractivity contribution in [3.05, 3.63) is 35.1 Å². The summed E-state index contributed by atoms with van der Waals surface area (Å²) in [6, 6.07) is 1.49. The zero-order chi connectivity index (χ0) is 13.0. The summed E-state index contributed by atoms with van der Waals surface area (Å²) in [5, 5.41) is 0. The van der Waals surface area contributed by atoms with Crippen molar-refractivity contribution in [2.45, 2.75) is 33.1 Å². The Balaban J connectivity index is 2.70. The molecule has 0 saturated heterocycles. The first kappa shape index (κ1) is 13.7. The lowest BCUT2D eigenvalue weighted by molar-refractivity contribution is 0.0977. The predicted molar refractivity (Wildman–Crippen MR) is 59.3 cm³/mol. The molecule has 94 valence electrons. The van der Waals surface area contributed by atoms with Crippen molar-refractivity contribution in [3.63, 3.8) is 0 Å². The molecule has 0 fully saturated rings. The van der Waals surface area contributed by atoms with E-state index in [1.807, 2.05) is 13.8 Å². The Morgan fingerprint density at radius 1 is 1.18 bits per heavy atom. The number of hydrogen-bond donors (Lipinski definition) is 0. The molecule has 0 aromatic heterocycles. The predicted octanol–water partition coefficient (Wildman–Crippen LogP) is 4.11. The van der Waals surface area contributed by atoms with Crippen molar-refractivity contribution in [2.24, 2.45) is 5.92 Å². The second-order valence-corrected chi connectivity index (χ2v) is 4.46. The maximum Gasteiger partial charge on any atom is 0.194 e. The van der Waals surface area contributed by atoms with Gasteiger partial charge in [0, 0.05) is 12.0 Å². The highest BCUT2D eigenvalue weighted by atomic mass is 19.2. The van der Waals surface area contributed by atoms with Crippen molar-refractivity contribution < 1.29 is 18.0 Å². The van der Waals surface area contributed by atoms with Gasteiger partial charge in [-0.25, -0.2) is 13.2 Å². The Kier molecular flexibility index (Phi) is 4.73. The zero-order valence-corrected chi connectivity index (χ0v) is 9.90. The zero-order valence-electron chi connectivity index (χ0n) is 9.90. The van der Waals surface area contributed by atoms with Crippen LogP contribution in [0.25, 0.3) is 0 Å². The van der Waals surface area contributed by atoms with Crippen LogP contribution in [0.15, 0.2) is 12.1 Å². The Bertz CT molecular complexity index is 390. The normalized spacial score (nSPS) is 10.9. The van der Waals surface area contributed by atoms with E-state index in [9.17, 15) is 18.0 Å². The minimum atomic E-state index is -1.54. The van der Waals surface area contributed by atoms with E-state index in [1.54, 1.807) is 0 Å². The molecule has 0 spiro atoms.